The Balaban J connectivity index is 1.16. The summed E-state index contributed by atoms with van der Waals surface area (Å²) in [5.41, 5.74) is 1.23. The third-order valence-electron chi connectivity index (χ3n) is 5.80. The van der Waals surface area contributed by atoms with Crippen LogP contribution in [0.2, 0.25) is 5.02 Å². The smallest absolute Gasteiger partial charge is 0.220 e. The number of likely N-dealkylation sites (tertiary alicyclic amines) is 1. The van der Waals surface area contributed by atoms with Crippen LogP contribution in [0.15, 0.2) is 24.3 Å². The summed E-state index contributed by atoms with van der Waals surface area (Å²) in [6.45, 7) is 8.83. The summed E-state index contributed by atoms with van der Waals surface area (Å²) in [4.78, 5) is 18.9. The molecule has 1 aromatic carbocycles. The third kappa shape index (κ3) is 4.10. The van der Waals surface area contributed by atoms with E-state index in [9.17, 15) is 4.79 Å². The number of amides is 1. The molecule has 136 valence electrons. The first-order chi connectivity index (χ1) is 12.2. The third-order valence-corrected chi connectivity index (χ3v) is 6.04. The number of benzene rings is 1. The minimum Gasteiger partial charge on any atom is -0.369 e. The Hall–Kier alpha value is -1.30. The summed E-state index contributed by atoms with van der Waals surface area (Å²) in [6, 6.07) is 8.57. The number of carbonyl (C=O) groups is 1. The molecule has 1 amide bonds. The molecule has 3 fully saturated rings. The van der Waals surface area contributed by atoms with Crippen molar-refractivity contribution in [2.45, 2.75) is 18.9 Å². The molecule has 25 heavy (non-hydrogen) atoms. The van der Waals surface area contributed by atoms with Crippen LogP contribution in [-0.2, 0) is 4.79 Å². The summed E-state index contributed by atoms with van der Waals surface area (Å²) >= 11 is 6.10. The summed E-state index contributed by atoms with van der Waals surface area (Å²) in [6.07, 6.45) is 1.94. The van der Waals surface area contributed by atoms with Crippen molar-refractivity contribution in [2.75, 3.05) is 57.3 Å². The normalized spacial score (nSPS) is 27.6. The van der Waals surface area contributed by atoms with Crippen LogP contribution in [0.1, 0.15) is 12.8 Å². The van der Waals surface area contributed by atoms with Gasteiger partial charge in [0.2, 0.25) is 5.91 Å². The van der Waals surface area contributed by atoms with Gasteiger partial charge >= 0.3 is 0 Å². The van der Waals surface area contributed by atoms with E-state index in [1.54, 1.807) is 0 Å². The van der Waals surface area contributed by atoms with E-state index in [0.29, 0.717) is 12.0 Å². The Morgan fingerprint density at radius 1 is 1.08 bits per heavy atom. The number of piperazine rings is 1. The SMILES string of the molecule is O=C1C[C@H]2CN(CCCN3CCN(c4cccc(Cl)c4)CC3)C[C@H]2N1. The Bertz CT molecular complexity index is 601. The fourth-order valence-corrected chi connectivity index (χ4v) is 4.62. The average molecular weight is 363 g/mol. The number of anilines is 1. The fourth-order valence-electron chi connectivity index (χ4n) is 4.44. The predicted molar refractivity (Wildman–Crippen MR) is 101 cm³/mol. The number of rotatable bonds is 5. The highest BCUT2D eigenvalue weighted by atomic mass is 35.5. The number of nitrogens with zero attached hydrogens (tertiary/aromatic N) is 3. The lowest BCUT2D eigenvalue weighted by atomic mass is 10.1. The molecule has 1 N–H and O–H groups in total. The molecular formula is C19H27ClN4O. The van der Waals surface area contributed by atoms with Gasteiger partial charge < -0.3 is 15.1 Å². The van der Waals surface area contributed by atoms with Crippen LogP contribution in [0.4, 0.5) is 5.69 Å². The molecule has 0 unspecified atom stereocenters. The maximum Gasteiger partial charge on any atom is 0.220 e. The molecular weight excluding hydrogens is 336 g/mol. The first-order valence-electron chi connectivity index (χ1n) is 9.42. The number of halogens is 1. The largest absolute Gasteiger partial charge is 0.369 e. The maximum atomic E-state index is 11.4. The Kier molecular flexibility index (Phi) is 5.15. The van der Waals surface area contributed by atoms with Gasteiger partial charge in [-0.3, -0.25) is 9.69 Å². The van der Waals surface area contributed by atoms with Gasteiger partial charge in [-0.25, -0.2) is 0 Å². The molecule has 3 heterocycles. The second-order valence-electron chi connectivity index (χ2n) is 7.56. The zero-order valence-electron chi connectivity index (χ0n) is 14.7. The van der Waals surface area contributed by atoms with Crippen LogP contribution in [0.3, 0.4) is 0 Å². The van der Waals surface area contributed by atoms with E-state index in [0.717, 1.165) is 57.3 Å². The molecule has 0 aromatic heterocycles. The van der Waals surface area contributed by atoms with E-state index in [1.165, 1.54) is 18.7 Å². The first kappa shape index (κ1) is 17.1. The summed E-state index contributed by atoms with van der Waals surface area (Å²) in [7, 11) is 0. The van der Waals surface area contributed by atoms with Gasteiger partial charge in [0.25, 0.3) is 0 Å². The lowest BCUT2D eigenvalue weighted by Gasteiger charge is -2.36. The van der Waals surface area contributed by atoms with E-state index in [2.05, 4.69) is 32.1 Å². The second-order valence-corrected chi connectivity index (χ2v) is 8.00. The Morgan fingerprint density at radius 3 is 2.64 bits per heavy atom. The summed E-state index contributed by atoms with van der Waals surface area (Å²) in [5.74, 6) is 0.793. The standard InChI is InChI=1S/C19H27ClN4O/c20-16-3-1-4-17(12-16)24-9-7-22(8-10-24)5-2-6-23-13-15-11-19(25)21-18(15)14-23/h1,3-4,12,15,18H,2,5-11,13-14H2,(H,21,25)/t15-,18+/m0/s1. The zero-order valence-corrected chi connectivity index (χ0v) is 15.4. The van der Waals surface area contributed by atoms with Crippen molar-refractivity contribution < 1.29 is 4.79 Å². The van der Waals surface area contributed by atoms with Gasteiger partial charge in [-0.2, -0.15) is 0 Å². The van der Waals surface area contributed by atoms with Crippen LogP contribution in [-0.4, -0.2) is 74.1 Å². The van der Waals surface area contributed by atoms with Gasteiger partial charge in [0, 0.05) is 68.4 Å². The van der Waals surface area contributed by atoms with Gasteiger partial charge in [-0.05, 0) is 37.7 Å². The molecule has 2 atom stereocenters. The lowest BCUT2D eigenvalue weighted by Crippen LogP contribution is -2.47. The van der Waals surface area contributed by atoms with Crippen molar-refractivity contribution >= 4 is 23.2 Å². The van der Waals surface area contributed by atoms with Crippen LogP contribution in [0, 0.1) is 5.92 Å². The van der Waals surface area contributed by atoms with Gasteiger partial charge in [-0.1, -0.05) is 17.7 Å². The summed E-state index contributed by atoms with van der Waals surface area (Å²) < 4.78 is 0. The Morgan fingerprint density at radius 2 is 1.88 bits per heavy atom. The summed E-state index contributed by atoms with van der Waals surface area (Å²) in [5, 5.41) is 3.92. The molecule has 3 aliphatic rings. The molecule has 3 saturated heterocycles. The second kappa shape index (κ2) is 7.52. The maximum absolute atomic E-state index is 11.4. The predicted octanol–water partition coefficient (Wildman–Crippen LogP) is 1.67. The fraction of sp³-hybridized carbons (Fsp3) is 0.632. The number of carbonyl (C=O) groups excluding carboxylic acids is 1. The van der Waals surface area contributed by atoms with Gasteiger partial charge in [0.05, 0.1) is 0 Å². The molecule has 0 spiro atoms. The molecule has 6 heteroatoms. The van der Waals surface area contributed by atoms with Crippen LogP contribution < -0.4 is 10.2 Å². The number of nitrogens with one attached hydrogen (secondary N) is 1. The van der Waals surface area contributed by atoms with Crippen molar-refractivity contribution in [3.63, 3.8) is 0 Å². The van der Waals surface area contributed by atoms with Crippen molar-refractivity contribution in [1.29, 1.82) is 0 Å². The molecule has 0 aliphatic carbocycles. The van der Waals surface area contributed by atoms with E-state index >= 15 is 0 Å². The van der Waals surface area contributed by atoms with Gasteiger partial charge in [-0.15, -0.1) is 0 Å². The topological polar surface area (TPSA) is 38.8 Å². The molecule has 0 radical (unpaired) electrons. The van der Waals surface area contributed by atoms with Crippen LogP contribution >= 0.6 is 11.6 Å². The number of hydrogen-bond donors (Lipinski definition) is 1. The molecule has 0 saturated carbocycles. The molecule has 0 bridgehead atoms. The minimum absolute atomic E-state index is 0.243. The highest BCUT2D eigenvalue weighted by Gasteiger charge is 2.39. The average Bonchev–Trinajstić information content (AvgIpc) is 3.12. The zero-order chi connectivity index (χ0) is 17.2. The quantitative estimate of drug-likeness (QED) is 0.865. The minimum atomic E-state index is 0.243. The van der Waals surface area contributed by atoms with Crippen molar-refractivity contribution in [3.05, 3.63) is 29.3 Å². The van der Waals surface area contributed by atoms with E-state index in [4.69, 9.17) is 11.6 Å². The Labute approximate surface area is 154 Å². The monoisotopic (exact) mass is 362 g/mol. The van der Waals surface area contributed by atoms with Gasteiger partial charge in [0.1, 0.15) is 0 Å². The molecule has 3 aliphatic heterocycles. The van der Waals surface area contributed by atoms with Crippen LogP contribution in [0.25, 0.3) is 0 Å². The number of fused-ring (bicyclic) bond motifs is 1. The van der Waals surface area contributed by atoms with E-state index < -0.39 is 0 Å². The van der Waals surface area contributed by atoms with E-state index in [-0.39, 0.29) is 5.91 Å². The molecule has 4 rings (SSSR count). The highest BCUT2D eigenvalue weighted by Crippen LogP contribution is 2.25. The van der Waals surface area contributed by atoms with Crippen LogP contribution in [0.5, 0.6) is 0 Å². The highest BCUT2D eigenvalue weighted by molar-refractivity contribution is 6.30. The van der Waals surface area contributed by atoms with Crippen molar-refractivity contribution in [1.82, 2.24) is 15.1 Å². The van der Waals surface area contributed by atoms with Gasteiger partial charge in [0.15, 0.2) is 0 Å². The first-order valence-corrected chi connectivity index (χ1v) is 9.80. The van der Waals surface area contributed by atoms with Crippen molar-refractivity contribution in [3.8, 4) is 0 Å². The number of hydrogen-bond acceptors (Lipinski definition) is 4. The van der Waals surface area contributed by atoms with Crippen molar-refractivity contribution in [2.24, 2.45) is 5.92 Å². The molecule has 1 aromatic rings. The lowest BCUT2D eigenvalue weighted by molar-refractivity contribution is -0.119. The molecule has 5 nitrogen and oxygen atoms in total. The van der Waals surface area contributed by atoms with E-state index in [1.807, 2.05) is 12.1 Å².